The second-order valence-corrected chi connectivity index (χ2v) is 2.39. The van der Waals surface area contributed by atoms with Gasteiger partial charge in [-0.2, -0.15) is 13.3 Å². The number of hydrogen-bond acceptors (Lipinski definition) is 0. The summed E-state index contributed by atoms with van der Waals surface area (Å²) in [5.41, 5.74) is 1.51. The third-order valence-electron chi connectivity index (χ3n) is 1.51. The van der Waals surface area contributed by atoms with Crippen molar-refractivity contribution >= 4 is 0 Å². The maximum absolute atomic E-state index is 2.32. The van der Waals surface area contributed by atoms with Crippen LogP contribution < -0.4 is 0 Å². The number of rotatable bonds is 4. The van der Waals surface area contributed by atoms with Crippen LogP contribution in [0.1, 0.15) is 40.0 Å². The Hall–Kier alpha value is -0.260. The minimum atomic E-state index is 1.20. The maximum atomic E-state index is 2.32. The van der Waals surface area contributed by atoms with Gasteiger partial charge in [-0.1, -0.05) is 25.0 Å². The fraction of sp³-hybridized carbons (Fsp3) is 0.667. The van der Waals surface area contributed by atoms with Crippen LogP contribution in [0.4, 0.5) is 0 Å². The van der Waals surface area contributed by atoms with Crippen LogP contribution in [0.25, 0.3) is 0 Å². The normalized spacial score (nSPS) is 12.1. The summed E-state index contributed by atoms with van der Waals surface area (Å²) in [6.45, 7) is 6.49. The molecule has 0 spiro atoms. The molecule has 0 rings (SSSR count). The topological polar surface area (TPSA) is 0 Å². The molecule has 0 aromatic rings. The summed E-state index contributed by atoms with van der Waals surface area (Å²) in [4.78, 5) is 0. The fourth-order valence-electron chi connectivity index (χ4n) is 0.641. The summed E-state index contributed by atoms with van der Waals surface area (Å²) in [5.74, 6) is 0. The van der Waals surface area contributed by atoms with Gasteiger partial charge in [-0.15, -0.1) is 0 Å². The molecule has 54 valence electrons. The van der Waals surface area contributed by atoms with Gasteiger partial charge in [0.1, 0.15) is 0 Å². The summed E-state index contributed by atoms with van der Waals surface area (Å²) in [7, 11) is 0. The Labute approximate surface area is 59.0 Å². The summed E-state index contributed by atoms with van der Waals surface area (Å²) in [5, 5.41) is 0. The Morgan fingerprint density at radius 2 is 2.22 bits per heavy atom. The first-order valence-electron chi connectivity index (χ1n) is 3.74. The zero-order chi connectivity index (χ0) is 7.11. The molecule has 0 bridgehead atoms. The third-order valence-corrected chi connectivity index (χ3v) is 1.51. The van der Waals surface area contributed by atoms with Gasteiger partial charge in [-0.3, -0.25) is 0 Å². The molecular weight excluding hydrogens is 108 g/mol. The molecule has 0 amide bonds. The fourth-order valence-corrected chi connectivity index (χ4v) is 0.641. The summed E-state index contributed by atoms with van der Waals surface area (Å²) >= 11 is 0. The van der Waals surface area contributed by atoms with Crippen molar-refractivity contribution in [2.45, 2.75) is 40.0 Å². The molecule has 0 saturated carbocycles. The molecule has 0 aliphatic carbocycles. The van der Waals surface area contributed by atoms with E-state index in [4.69, 9.17) is 0 Å². The molecule has 0 fully saturated rings. The monoisotopic (exact) mass is 125 g/mol. The van der Waals surface area contributed by atoms with Crippen molar-refractivity contribution in [2.24, 2.45) is 0 Å². The second kappa shape index (κ2) is 5.87. The number of hydrogen-bond donors (Lipinski definition) is 0. The van der Waals surface area contributed by atoms with Gasteiger partial charge >= 0.3 is 0 Å². The van der Waals surface area contributed by atoms with Gasteiger partial charge in [0.2, 0.25) is 0 Å². The smallest absolute Gasteiger partial charge is 0.0352 e. The standard InChI is InChI=1S/C9H17/c1-4-6-7-8-9(3)5-2/h4,8H,5-7H2,1-3H3/q-1/b9-8+. The molecular formula is C9H17-. The van der Waals surface area contributed by atoms with E-state index >= 15 is 0 Å². The highest BCUT2D eigenvalue weighted by molar-refractivity contribution is 4.96. The minimum absolute atomic E-state index is 1.20. The number of unbranched alkanes of at least 4 members (excludes halogenated alkanes) is 2. The highest BCUT2D eigenvalue weighted by Gasteiger charge is 1.79. The van der Waals surface area contributed by atoms with E-state index in [0.717, 1.165) is 0 Å². The van der Waals surface area contributed by atoms with Gasteiger partial charge in [-0.05, 0) is 13.3 Å². The second-order valence-electron chi connectivity index (χ2n) is 2.39. The van der Waals surface area contributed by atoms with Crippen LogP contribution in [0, 0.1) is 6.42 Å². The van der Waals surface area contributed by atoms with Crippen LogP contribution >= 0.6 is 0 Å². The van der Waals surface area contributed by atoms with Gasteiger partial charge in [0, 0.05) is 0 Å². The van der Waals surface area contributed by atoms with E-state index in [9.17, 15) is 0 Å². The van der Waals surface area contributed by atoms with Gasteiger partial charge < -0.3 is 6.42 Å². The van der Waals surface area contributed by atoms with Crippen molar-refractivity contribution in [3.05, 3.63) is 18.1 Å². The van der Waals surface area contributed by atoms with E-state index in [2.05, 4.69) is 33.3 Å². The predicted octanol–water partition coefficient (Wildman–Crippen LogP) is 3.35. The lowest BCUT2D eigenvalue weighted by molar-refractivity contribution is 0.946. The molecule has 0 radical (unpaired) electrons. The first kappa shape index (κ1) is 8.74. The average Bonchev–Trinajstić information content (AvgIpc) is 1.89. The van der Waals surface area contributed by atoms with E-state index in [0.29, 0.717) is 0 Å². The SMILES string of the molecule is C[CH-]CC/C=C(\C)CC. The summed E-state index contributed by atoms with van der Waals surface area (Å²) < 4.78 is 0. The van der Waals surface area contributed by atoms with Crippen LogP contribution in [-0.4, -0.2) is 0 Å². The van der Waals surface area contributed by atoms with Crippen molar-refractivity contribution in [2.75, 3.05) is 0 Å². The first-order valence-corrected chi connectivity index (χ1v) is 3.74. The van der Waals surface area contributed by atoms with Crippen LogP contribution in [0.2, 0.25) is 0 Å². The van der Waals surface area contributed by atoms with Crippen molar-refractivity contribution < 1.29 is 0 Å². The Morgan fingerprint density at radius 3 is 2.67 bits per heavy atom. The Kier molecular flexibility index (Phi) is 5.70. The molecule has 0 unspecified atom stereocenters. The maximum Gasteiger partial charge on any atom is -0.0352 e. The van der Waals surface area contributed by atoms with Crippen LogP contribution in [-0.2, 0) is 0 Å². The van der Waals surface area contributed by atoms with Gasteiger partial charge in [0.15, 0.2) is 0 Å². The van der Waals surface area contributed by atoms with Gasteiger partial charge in [-0.25, -0.2) is 0 Å². The Morgan fingerprint density at radius 1 is 1.56 bits per heavy atom. The molecule has 0 aromatic carbocycles. The third kappa shape index (κ3) is 5.61. The largest absolute Gasteiger partial charge is 0.331 e. The van der Waals surface area contributed by atoms with Crippen LogP contribution in [0.3, 0.4) is 0 Å². The van der Waals surface area contributed by atoms with Crippen molar-refractivity contribution in [1.29, 1.82) is 0 Å². The molecule has 0 saturated heterocycles. The van der Waals surface area contributed by atoms with Crippen molar-refractivity contribution in [1.82, 2.24) is 0 Å². The number of allylic oxidation sites excluding steroid dienone is 2. The van der Waals surface area contributed by atoms with Crippen molar-refractivity contribution in [3.63, 3.8) is 0 Å². The summed E-state index contributed by atoms with van der Waals surface area (Å²) in [6.07, 6.45) is 8.16. The van der Waals surface area contributed by atoms with E-state index in [1.54, 1.807) is 0 Å². The van der Waals surface area contributed by atoms with Crippen molar-refractivity contribution in [3.8, 4) is 0 Å². The zero-order valence-corrected chi connectivity index (χ0v) is 6.78. The van der Waals surface area contributed by atoms with Gasteiger partial charge in [0.25, 0.3) is 0 Å². The lowest BCUT2D eigenvalue weighted by Crippen LogP contribution is -1.73. The molecule has 0 aliphatic rings. The highest BCUT2D eigenvalue weighted by Crippen LogP contribution is 2.02. The molecule has 0 N–H and O–H groups in total. The Bertz CT molecular complexity index is 80.0. The first-order chi connectivity index (χ1) is 4.31. The molecule has 0 nitrogen and oxygen atoms in total. The van der Waals surface area contributed by atoms with E-state index in [1.165, 1.54) is 24.8 Å². The summed E-state index contributed by atoms with van der Waals surface area (Å²) in [6, 6.07) is 0. The minimum Gasteiger partial charge on any atom is -0.331 e. The van der Waals surface area contributed by atoms with Crippen LogP contribution in [0.5, 0.6) is 0 Å². The quantitative estimate of drug-likeness (QED) is 0.307. The molecule has 0 atom stereocenters. The van der Waals surface area contributed by atoms with Crippen LogP contribution in [0.15, 0.2) is 11.6 Å². The lowest BCUT2D eigenvalue weighted by atomic mass is 10.1. The predicted molar refractivity (Wildman–Crippen MR) is 43.3 cm³/mol. The average molecular weight is 125 g/mol. The molecule has 0 heteroatoms. The van der Waals surface area contributed by atoms with E-state index < -0.39 is 0 Å². The van der Waals surface area contributed by atoms with E-state index in [-0.39, 0.29) is 0 Å². The highest BCUT2D eigenvalue weighted by atomic mass is 13.9. The molecule has 0 aromatic heterocycles. The molecule has 0 aliphatic heterocycles. The molecule has 9 heavy (non-hydrogen) atoms. The lowest BCUT2D eigenvalue weighted by Gasteiger charge is -1.99. The van der Waals surface area contributed by atoms with Gasteiger partial charge in [0.05, 0.1) is 0 Å². The zero-order valence-electron chi connectivity index (χ0n) is 6.78. The Balaban J connectivity index is 3.21. The van der Waals surface area contributed by atoms with E-state index in [1.807, 2.05) is 0 Å². The molecule has 0 heterocycles.